The largest absolute Gasteiger partial charge is 0.497 e. The molecule has 0 fully saturated rings. The third-order valence-corrected chi connectivity index (χ3v) is 5.38. The Bertz CT molecular complexity index is 764. The number of nitrogens with one attached hydrogen (secondary N) is 2. The number of rotatable bonds is 10. The normalized spacial score (nSPS) is 11.9. The van der Waals surface area contributed by atoms with Crippen molar-refractivity contribution in [1.29, 1.82) is 0 Å². The number of thiophene rings is 1. The Morgan fingerprint density at radius 1 is 1.20 bits per heavy atom. The van der Waals surface area contributed by atoms with E-state index in [1.807, 2.05) is 12.1 Å². The number of likely N-dealkylation sites (N-methyl/N-ethyl adjacent to an activating group) is 1. The van der Waals surface area contributed by atoms with E-state index in [1.165, 1.54) is 10.4 Å². The highest BCUT2D eigenvalue weighted by molar-refractivity contribution is 14.0. The van der Waals surface area contributed by atoms with Gasteiger partial charge >= 0.3 is 0 Å². The summed E-state index contributed by atoms with van der Waals surface area (Å²) in [5, 5.41) is 8.84. The highest BCUT2D eigenvalue weighted by Gasteiger charge is 2.08. The van der Waals surface area contributed by atoms with Gasteiger partial charge in [-0.15, -0.1) is 35.3 Å². The van der Waals surface area contributed by atoms with Gasteiger partial charge in [-0.25, -0.2) is 4.99 Å². The van der Waals surface area contributed by atoms with Crippen molar-refractivity contribution in [2.45, 2.75) is 19.8 Å². The van der Waals surface area contributed by atoms with E-state index in [1.54, 1.807) is 37.4 Å². The Hall–Kier alpha value is -1.81. The summed E-state index contributed by atoms with van der Waals surface area (Å²) < 4.78 is 5.20. The minimum Gasteiger partial charge on any atom is -0.497 e. The lowest BCUT2D eigenvalue weighted by Crippen LogP contribution is -2.41. The van der Waals surface area contributed by atoms with Gasteiger partial charge in [0.15, 0.2) is 5.96 Å². The fourth-order valence-electron chi connectivity index (χ4n) is 2.70. The molecule has 0 bridgehead atoms. The van der Waals surface area contributed by atoms with Crippen molar-refractivity contribution >= 4 is 47.2 Å². The molecule has 1 aromatic heterocycles. The number of hydrogen-bond acceptors (Lipinski definition) is 4. The Labute approximate surface area is 201 Å². The minimum atomic E-state index is -0.0205. The Morgan fingerprint density at radius 2 is 1.93 bits per heavy atom. The number of aliphatic imine (C=N–C) groups is 1. The van der Waals surface area contributed by atoms with Crippen molar-refractivity contribution in [2.24, 2.45) is 10.9 Å². The van der Waals surface area contributed by atoms with Crippen LogP contribution in [0.2, 0.25) is 0 Å². The Kier molecular flexibility index (Phi) is 12.4. The topological polar surface area (TPSA) is 66.0 Å². The molecule has 1 amide bonds. The molecule has 0 radical (unpaired) electrons. The number of amides is 1. The van der Waals surface area contributed by atoms with Gasteiger partial charge in [0, 0.05) is 32.1 Å². The third kappa shape index (κ3) is 9.80. The maximum atomic E-state index is 11.9. The summed E-state index contributed by atoms with van der Waals surface area (Å²) in [5.41, 5.74) is 1.22. The quantitative estimate of drug-likeness (QED) is 0.274. The molecule has 0 saturated heterocycles. The Morgan fingerprint density at radius 3 is 2.53 bits per heavy atom. The molecule has 6 nitrogen and oxygen atoms in total. The van der Waals surface area contributed by atoms with E-state index in [0.717, 1.165) is 31.7 Å². The summed E-state index contributed by atoms with van der Waals surface area (Å²) in [6.45, 7) is 3.87. The highest BCUT2D eigenvalue weighted by Crippen LogP contribution is 2.14. The summed E-state index contributed by atoms with van der Waals surface area (Å²) in [5.74, 6) is 1.97. The molecule has 2 aromatic rings. The first-order chi connectivity index (χ1) is 14.0. The SMILES string of the molecule is COc1ccc(CCNC(=NCC(=O)N(C)C)NCC(C)Cc2cccs2)cc1.I. The van der Waals surface area contributed by atoms with Crippen LogP contribution in [0.15, 0.2) is 46.8 Å². The van der Waals surface area contributed by atoms with Crippen LogP contribution in [-0.2, 0) is 17.6 Å². The molecule has 1 unspecified atom stereocenters. The molecular weight excluding hydrogens is 511 g/mol. The van der Waals surface area contributed by atoms with Crippen LogP contribution in [0.3, 0.4) is 0 Å². The highest BCUT2D eigenvalue weighted by atomic mass is 127. The number of carbonyl (C=O) groups excluding carboxylic acids is 1. The fourth-order valence-corrected chi connectivity index (χ4v) is 3.56. The zero-order valence-electron chi connectivity index (χ0n) is 18.2. The van der Waals surface area contributed by atoms with E-state index in [0.29, 0.717) is 11.9 Å². The van der Waals surface area contributed by atoms with E-state index >= 15 is 0 Å². The molecule has 30 heavy (non-hydrogen) atoms. The van der Waals surface area contributed by atoms with Crippen LogP contribution in [0.4, 0.5) is 0 Å². The summed E-state index contributed by atoms with van der Waals surface area (Å²) >= 11 is 1.78. The van der Waals surface area contributed by atoms with Gasteiger partial charge in [-0.2, -0.15) is 0 Å². The maximum absolute atomic E-state index is 11.9. The van der Waals surface area contributed by atoms with Gasteiger partial charge in [0.1, 0.15) is 12.3 Å². The lowest BCUT2D eigenvalue weighted by molar-refractivity contribution is -0.127. The maximum Gasteiger partial charge on any atom is 0.243 e. The lowest BCUT2D eigenvalue weighted by atomic mass is 10.1. The summed E-state index contributed by atoms with van der Waals surface area (Å²) in [6, 6.07) is 12.3. The van der Waals surface area contributed by atoms with Crippen LogP contribution < -0.4 is 15.4 Å². The van der Waals surface area contributed by atoms with Crippen molar-refractivity contribution in [2.75, 3.05) is 40.8 Å². The van der Waals surface area contributed by atoms with Crippen molar-refractivity contribution in [3.63, 3.8) is 0 Å². The molecule has 166 valence electrons. The molecule has 0 aliphatic rings. The first-order valence-electron chi connectivity index (χ1n) is 9.85. The van der Waals surface area contributed by atoms with Gasteiger partial charge in [0.2, 0.25) is 5.91 Å². The number of hydrogen-bond donors (Lipinski definition) is 2. The number of benzene rings is 1. The molecule has 0 aliphatic carbocycles. The summed E-state index contributed by atoms with van der Waals surface area (Å²) in [6.07, 6.45) is 1.89. The standard InChI is InChI=1S/C22H32N4O2S.HI/c1-17(14-20-6-5-13-29-20)15-24-22(25-16-21(27)26(2)3)23-12-11-18-7-9-19(28-4)10-8-18;/h5-10,13,17H,11-12,14-16H2,1-4H3,(H2,23,24,25);1H. The zero-order valence-corrected chi connectivity index (χ0v) is 21.3. The van der Waals surface area contributed by atoms with Crippen LogP contribution >= 0.6 is 35.3 Å². The first kappa shape index (κ1) is 26.2. The van der Waals surface area contributed by atoms with Gasteiger partial charge in [0.25, 0.3) is 0 Å². The van der Waals surface area contributed by atoms with E-state index < -0.39 is 0 Å². The van der Waals surface area contributed by atoms with Gasteiger partial charge in [-0.3, -0.25) is 4.79 Å². The van der Waals surface area contributed by atoms with Crippen LogP contribution in [0.25, 0.3) is 0 Å². The zero-order chi connectivity index (χ0) is 21.1. The average molecular weight is 545 g/mol. The monoisotopic (exact) mass is 544 g/mol. The molecule has 1 atom stereocenters. The number of carbonyl (C=O) groups is 1. The number of methoxy groups -OCH3 is 1. The predicted octanol–water partition coefficient (Wildman–Crippen LogP) is 3.42. The van der Waals surface area contributed by atoms with Crippen molar-refractivity contribution in [3.05, 3.63) is 52.2 Å². The molecule has 2 rings (SSSR count). The second kappa shape index (κ2) is 14.2. The van der Waals surface area contributed by atoms with E-state index in [9.17, 15) is 4.79 Å². The van der Waals surface area contributed by atoms with Crippen LogP contribution in [0.5, 0.6) is 5.75 Å². The van der Waals surface area contributed by atoms with E-state index in [4.69, 9.17) is 4.74 Å². The fraction of sp³-hybridized carbons (Fsp3) is 0.455. The molecule has 8 heteroatoms. The lowest BCUT2D eigenvalue weighted by Gasteiger charge is -2.17. The first-order valence-corrected chi connectivity index (χ1v) is 10.7. The molecule has 0 spiro atoms. The van der Waals surface area contributed by atoms with Gasteiger partial charge in [-0.1, -0.05) is 25.1 Å². The van der Waals surface area contributed by atoms with Gasteiger partial charge < -0.3 is 20.3 Å². The molecule has 1 aromatic carbocycles. The summed E-state index contributed by atoms with van der Waals surface area (Å²) in [4.78, 5) is 19.3. The van der Waals surface area contributed by atoms with Crippen molar-refractivity contribution < 1.29 is 9.53 Å². The average Bonchev–Trinajstić information content (AvgIpc) is 3.22. The van der Waals surface area contributed by atoms with Gasteiger partial charge in [-0.05, 0) is 47.9 Å². The van der Waals surface area contributed by atoms with Crippen molar-refractivity contribution in [3.8, 4) is 5.75 Å². The number of nitrogens with zero attached hydrogens (tertiary/aromatic N) is 2. The predicted molar refractivity (Wildman–Crippen MR) is 136 cm³/mol. The second-order valence-electron chi connectivity index (χ2n) is 7.25. The van der Waals surface area contributed by atoms with Crippen LogP contribution in [-0.4, -0.2) is 57.6 Å². The minimum absolute atomic E-state index is 0. The number of ether oxygens (including phenoxy) is 1. The van der Waals surface area contributed by atoms with Crippen molar-refractivity contribution in [1.82, 2.24) is 15.5 Å². The molecule has 1 heterocycles. The second-order valence-corrected chi connectivity index (χ2v) is 8.28. The third-order valence-electron chi connectivity index (χ3n) is 4.48. The Balaban J connectivity index is 0.00000450. The molecule has 2 N–H and O–H groups in total. The van der Waals surface area contributed by atoms with E-state index in [-0.39, 0.29) is 36.4 Å². The smallest absolute Gasteiger partial charge is 0.243 e. The van der Waals surface area contributed by atoms with Gasteiger partial charge in [0.05, 0.1) is 7.11 Å². The van der Waals surface area contributed by atoms with E-state index in [2.05, 4.69) is 52.2 Å². The summed E-state index contributed by atoms with van der Waals surface area (Å²) in [7, 11) is 5.15. The number of guanidine groups is 1. The number of halogens is 1. The molecular formula is C22H33IN4O2S. The van der Waals surface area contributed by atoms with Crippen LogP contribution in [0, 0.1) is 5.92 Å². The van der Waals surface area contributed by atoms with Crippen LogP contribution in [0.1, 0.15) is 17.4 Å². The molecule has 0 aliphatic heterocycles. The molecule has 0 saturated carbocycles.